The van der Waals surface area contributed by atoms with Gasteiger partial charge in [-0.1, -0.05) is 12.1 Å². The molecule has 0 radical (unpaired) electrons. The standard InChI is InChI=1S/C17H21FN2O2/c18-14-3-1-13(2-4-14)17(5-6-17)9-19-15(21)20-8-7-16(10-20)11-22-12-16/h1-4H,5-12H2,(H,19,21). The van der Waals surface area contributed by atoms with Crippen LogP contribution in [0.25, 0.3) is 0 Å². The fraction of sp³-hybridized carbons (Fsp3) is 0.588. The van der Waals surface area contributed by atoms with Crippen molar-refractivity contribution in [2.24, 2.45) is 5.41 Å². The van der Waals surface area contributed by atoms with Gasteiger partial charge < -0.3 is 15.0 Å². The van der Waals surface area contributed by atoms with Gasteiger partial charge in [0.15, 0.2) is 0 Å². The minimum absolute atomic E-state index is 0.0142. The van der Waals surface area contributed by atoms with Gasteiger partial charge in [-0.3, -0.25) is 0 Å². The van der Waals surface area contributed by atoms with Crippen LogP contribution in [0.15, 0.2) is 24.3 Å². The number of hydrogen-bond acceptors (Lipinski definition) is 2. The number of rotatable bonds is 3. The van der Waals surface area contributed by atoms with Crippen LogP contribution in [0.4, 0.5) is 9.18 Å². The van der Waals surface area contributed by atoms with Crippen molar-refractivity contribution in [3.63, 3.8) is 0 Å². The summed E-state index contributed by atoms with van der Waals surface area (Å²) in [7, 11) is 0. The predicted octanol–water partition coefficient (Wildman–Crippen LogP) is 2.29. The minimum Gasteiger partial charge on any atom is -0.380 e. The highest BCUT2D eigenvalue weighted by Gasteiger charge is 2.47. The molecule has 1 saturated carbocycles. The van der Waals surface area contributed by atoms with E-state index in [0.29, 0.717) is 6.54 Å². The van der Waals surface area contributed by atoms with Crippen molar-refractivity contribution in [1.29, 1.82) is 0 Å². The summed E-state index contributed by atoms with van der Waals surface area (Å²) in [5.41, 5.74) is 1.37. The third-order valence-corrected chi connectivity index (χ3v) is 5.43. The van der Waals surface area contributed by atoms with Crippen LogP contribution < -0.4 is 5.32 Å². The normalized spacial score (nSPS) is 24.1. The summed E-state index contributed by atoms with van der Waals surface area (Å²) in [4.78, 5) is 14.3. The molecule has 2 aliphatic heterocycles. The number of likely N-dealkylation sites (tertiary alicyclic amines) is 1. The van der Waals surface area contributed by atoms with E-state index in [0.717, 1.165) is 51.1 Å². The summed E-state index contributed by atoms with van der Waals surface area (Å²) >= 11 is 0. The molecule has 0 unspecified atom stereocenters. The van der Waals surface area contributed by atoms with E-state index in [-0.39, 0.29) is 22.7 Å². The Morgan fingerprint density at radius 3 is 2.50 bits per heavy atom. The van der Waals surface area contributed by atoms with Gasteiger partial charge in [0.2, 0.25) is 0 Å². The van der Waals surface area contributed by atoms with Crippen molar-refractivity contribution in [2.45, 2.75) is 24.7 Å². The molecule has 4 rings (SSSR count). The van der Waals surface area contributed by atoms with Crippen LogP contribution in [0, 0.1) is 11.2 Å². The quantitative estimate of drug-likeness (QED) is 0.931. The molecular formula is C17H21FN2O2. The molecule has 1 N–H and O–H groups in total. The average Bonchev–Trinajstić information content (AvgIpc) is 3.13. The molecule has 1 aliphatic carbocycles. The lowest BCUT2D eigenvalue weighted by molar-refractivity contribution is -0.103. The first-order valence-corrected chi connectivity index (χ1v) is 7.98. The van der Waals surface area contributed by atoms with Gasteiger partial charge in [0.1, 0.15) is 5.82 Å². The Labute approximate surface area is 129 Å². The molecule has 1 aromatic rings. The number of benzene rings is 1. The van der Waals surface area contributed by atoms with E-state index in [2.05, 4.69) is 5.32 Å². The molecule has 0 aromatic heterocycles. The predicted molar refractivity (Wildman–Crippen MR) is 80.2 cm³/mol. The molecule has 22 heavy (non-hydrogen) atoms. The van der Waals surface area contributed by atoms with Gasteiger partial charge in [-0.25, -0.2) is 9.18 Å². The molecule has 1 aromatic carbocycles. The highest BCUT2D eigenvalue weighted by molar-refractivity contribution is 5.75. The molecule has 0 bridgehead atoms. The highest BCUT2D eigenvalue weighted by Crippen LogP contribution is 2.47. The lowest BCUT2D eigenvalue weighted by Crippen LogP contribution is -2.47. The fourth-order valence-electron chi connectivity index (χ4n) is 3.61. The maximum atomic E-state index is 13.0. The van der Waals surface area contributed by atoms with Gasteiger partial charge in [0.05, 0.1) is 13.2 Å². The monoisotopic (exact) mass is 304 g/mol. The second-order valence-corrected chi connectivity index (χ2v) is 7.11. The number of nitrogens with zero attached hydrogens (tertiary/aromatic N) is 1. The molecule has 2 saturated heterocycles. The summed E-state index contributed by atoms with van der Waals surface area (Å²) < 4.78 is 18.3. The van der Waals surface area contributed by atoms with Gasteiger partial charge >= 0.3 is 6.03 Å². The van der Waals surface area contributed by atoms with Crippen LogP contribution >= 0.6 is 0 Å². The lowest BCUT2D eigenvalue weighted by atomic mass is 9.85. The van der Waals surface area contributed by atoms with Crippen LogP contribution in [0.1, 0.15) is 24.8 Å². The Hall–Kier alpha value is -1.62. The number of carbonyl (C=O) groups excluding carboxylic acids is 1. The van der Waals surface area contributed by atoms with Crippen molar-refractivity contribution in [1.82, 2.24) is 10.2 Å². The van der Waals surface area contributed by atoms with Crippen molar-refractivity contribution >= 4 is 6.03 Å². The molecule has 2 heterocycles. The van der Waals surface area contributed by atoms with Crippen LogP contribution in [-0.4, -0.2) is 43.8 Å². The Balaban J connectivity index is 1.34. The Bertz CT molecular complexity index is 579. The van der Waals surface area contributed by atoms with Gasteiger partial charge in [-0.2, -0.15) is 0 Å². The molecule has 1 spiro atoms. The maximum absolute atomic E-state index is 13.0. The van der Waals surface area contributed by atoms with E-state index in [9.17, 15) is 9.18 Å². The van der Waals surface area contributed by atoms with Crippen molar-refractivity contribution < 1.29 is 13.9 Å². The first-order chi connectivity index (χ1) is 10.6. The largest absolute Gasteiger partial charge is 0.380 e. The Morgan fingerprint density at radius 2 is 1.95 bits per heavy atom. The summed E-state index contributed by atoms with van der Waals surface area (Å²) in [5.74, 6) is -0.214. The van der Waals surface area contributed by atoms with E-state index in [1.807, 2.05) is 17.0 Å². The van der Waals surface area contributed by atoms with Crippen LogP contribution in [0.2, 0.25) is 0 Å². The van der Waals surface area contributed by atoms with Crippen LogP contribution in [0.5, 0.6) is 0 Å². The SMILES string of the molecule is O=C(NCC1(c2ccc(F)cc2)CC1)N1CCC2(COC2)C1. The number of carbonyl (C=O) groups is 1. The summed E-state index contributed by atoms with van der Waals surface area (Å²) in [6.07, 6.45) is 3.15. The number of urea groups is 1. The van der Waals surface area contributed by atoms with Crippen LogP contribution in [-0.2, 0) is 10.2 Å². The molecule has 0 atom stereocenters. The van der Waals surface area contributed by atoms with E-state index in [1.165, 1.54) is 12.1 Å². The fourth-order valence-corrected chi connectivity index (χ4v) is 3.61. The molecular weight excluding hydrogens is 283 g/mol. The second-order valence-electron chi connectivity index (χ2n) is 7.11. The van der Waals surface area contributed by atoms with Crippen LogP contribution in [0.3, 0.4) is 0 Å². The maximum Gasteiger partial charge on any atom is 0.317 e. The number of nitrogens with one attached hydrogen (secondary N) is 1. The third kappa shape index (κ3) is 2.37. The van der Waals surface area contributed by atoms with E-state index < -0.39 is 0 Å². The lowest BCUT2D eigenvalue weighted by Gasteiger charge is -2.37. The molecule has 3 aliphatic rings. The average molecular weight is 304 g/mol. The van der Waals surface area contributed by atoms with E-state index in [1.54, 1.807) is 0 Å². The van der Waals surface area contributed by atoms with Gasteiger partial charge in [0, 0.05) is 30.5 Å². The zero-order chi connectivity index (χ0) is 15.2. The highest BCUT2D eigenvalue weighted by atomic mass is 19.1. The third-order valence-electron chi connectivity index (χ3n) is 5.43. The van der Waals surface area contributed by atoms with Crippen molar-refractivity contribution in [3.05, 3.63) is 35.6 Å². The zero-order valence-corrected chi connectivity index (χ0v) is 12.6. The number of ether oxygens (including phenoxy) is 1. The topological polar surface area (TPSA) is 41.6 Å². The minimum atomic E-state index is -0.214. The van der Waals surface area contributed by atoms with Gasteiger partial charge in [-0.05, 0) is 37.0 Å². The number of halogens is 1. The van der Waals surface area contributed by atoms with E-state index in [4.69, 9.17) is 4.74 Å². The summed E-state index contributed by atoms with van der Waals surface area (Å²) in [5, 5.41) is 3.08. The van der Waals surface area contributed by atoms with E-state index >= 15 is 0 Å². The molecule has 3 fully saturated rings. The summed E-state index contributed by atoms with van der Waals surface area (Å²) in [6, 6.07) is 6.70. The number of amides is 2. The smallest absolute Gasteiger partial charge is 0.317 e. The molecule has 118 valence electrons. The summed E-state index contributed by atoms with van der Waals surface area (Å²) in [6.45, 7) is 3.84. The Morgan fingerprint density at radius 1 is 1.23 bits per heavy atom. The number of hydrogen-bond donors (Lipinski definition) is 1. The van der Waals surface area contributed by atoms with Gasteiger partial charge in [-0.15, -0.1) is 0 Å². The van der Waals surface area contributed by atoms with Crippen molar-refractivity contribution in [3.8, 4) is 0 Å². The van der Waals surface area contributed by atoms with Gasteiger partial charge in [0.25, 0.3) is 0 Å². The second kappa shape index (κ2) is 4.95. The molecule has 5 heteroatoms. The molecule has 2 amide bonds. The first kappa shape index (κ1) is 14.0. The Kier molecular flexibility index (Phi) is 3.15. The first-order valence-electron chi connectivity index (χ1n) is 7.98. The van der Waals surface area contributed by atoms with Crippen molar-refractivity contribution in [2.75, 3.05) is 32.8 Å². The molecule has 4 nitrogen and oxygen atoms in total. The zero-order valence-electron chi connectivity index (χ0n) is 12.6.